The summed E-state index contributed by atoms with van der Waals surface area (Å²) in [5.41, 5.74) is 7.09. The van der Waals surface area contributed by atoms with E-state index in [4.69, 9.17) is 15.6 Å². The monoisotopic (exact) mass is 268 g/mol. The number of nitrogens with zero attached hydrogens (tertiary/aromatic N) is 1. The van der Waals surface area contributed by atoms with Gasteiger partial charge in [0.25, 0.3) is 0 Å². The molecule has 1 saturated heterocycles. The molecule has 1 aliphatic heterocycles. The quantitative estimate of drug-likeness (QED) is 0.850. The molecule has 3 N–H and O–H groups in total. The summed E-state index contributed by atoms with van der Waals surface area (Å²) < 4.78 is 18.9. The van der Waals surface area contributed by atoms with E-state index in [-0.39, 0.29) is 31.1 Å². The zero-order valence-corrected chi connectivity index (χ0v) is 11.2. The molecule has 1 aromatic rings. The van der Waals surface area contributed by atoms with Crippen LogP contribution < -0.4 is 5.73 Å². The molecule has 1 aliphatic rings. The number of rotatable bonds is 4. The van der Waals surface area contributed by atoms with E-state index in [9.17, 15) is 4.39 Å². The highest BCUT2D eigenvalue weighted by Crippen LogP contribution is 2.17. The Balaban J connectivity index is 2.06. The molecule has 2 unspecified atom stereocenters. The fraction of sp³-hybridized carbons (Fsp3) is 0.571. The molecule has 0 amide bonds. The van der Waals surface area contributed by atoms with Gasteiger partial charge in [-0.1, -0.05) is 12.1 Å². The van der Waals surface area contributed by atoms with Crippen LogP contribution in [0.1, 0.15) is 18.1 Å². The highest BCUT2D eigenvalue weighted by atomic mass is 19.1. The van der Waals surface area contributed by atoms with Crippen molar-refractivity contribution in [3.63, 3.8) is 0 Å². The molecule has 0 aliphatic carbocycles. The van der Waals surface area contributed by atoms with E-state index < -0.39 is 0 Å². The Morgan fingerprint density at radius 3 is 3.00 bits per heavy atom. The number of ether oxygens (including phenoxy) is 1. The third-order valence-electron chi connectivity index (χ3n) is 3.55. The lowest BCUT2D eigenvalue weighted by atomic mass is 10.1. The largest absolute Gasteiger partial charge is 0.394 e. The standard InChI is InChI=1S/C14H21FN2O2/c1-10-9-19-13(8-18)7-17(10)6-11-2-3-14(15)12(4-11)5-16/h2-4,10,13,18H,5-9,16H2,1H3. The number of hydrogen-bond acceptors (Lipinski definition) is 4. The average molecular weight is 268 g/mol. The number of aliphatic hydroxyl groups excluding tert-OH is 1. The topological polar surface area (TPSA) is 58.7 Å². The Labute approximate surface area is 113 Å². The van der Waals surface area contributed by atoms with Gasteiger partial charge in [0.1, 0.15) is 5.82 Å². The van der Waals surface area contributed by atoms with Crippen LogP contribution >= 0.6 is 0 Å². The summed E-state index contributed by atoms with van der Waals surface area (Å²) >= 11 is 0. The zero-order valence-electron chi connectivity index (χ0n) is 11.2. The summed E-state index contributed by atoms with van der Waals surface area (Å²) in [4.78, 5) is 2.23. The first-order chi connectivity index (χ1) is 9.13. The second-order valence-electron chi connectivity index (χ2n) is 5.05. The Morgan fingerprint density at radius 1 is 1.53 bits per heavy atom. The maximum atomic E-state index is 13.4. The van der Waals surface area contributed by atoms with E-state index in [0.29, 0.717) is 25.3 Å². The lowest BCUT2D eigenvalue weighted by Crippen LogP contribution is -2.48. The van der Waals surface area contributed by atoms with Crippen molar-refractivity contribution in [3.05, 3.63) is 35.1 Å². The minimum atomic E-state index is -0.255. The molecular weight excluding hydrogens is 247 g/mol. The van der Waals surface area contributed by atoms with E-state index in [2.05, 4.69) is 11.8 Å². The van der Waals surface area contributed by atoms with Crippen molar-refractivity contribution in [2.75, 3.05) is 19.8 Å². The summed E-state index contributed by atoms with van der Waals surface area (Å²) in [7, 11) is 0. The molecule has 2 atom stereocenters. The van der Waals surface area contributed by atoms with Crippen molar-refractivity contribution in [1.82, 2.24) is 4.90 Å². The molecule has 0 saturated carbocycles. The van der Waals surface area contributed by atoms with Crippen molar-refractivity contribution in [2.45, 2.75) is 32.2 Å². The normalized spacial score (nSPS) is 24.6. The first-order valence-electron chi connectivity index (χ1n) is 6.58. The van der Waals surface area contributed by atoms with Gasteiger partial charge in [-0.15, -0.1) is 0 Å². The van der Waals surface area contributed by atoms with Crippen molar-refractivity contribution >= 4 is 0 Å². The van der Waals surface area contributed by atoms with Crippen molar-refractivity contribution in [3.8, 4) is 0 Å². The number of hydrogen-bond donors (Lipinski definition) is 2. The molecule has 0 bridgehead atoms. The number of aliphatic hydroxyl groups is 1. The fourth-order valence-corrected chi connectivity index (χ4v) is 2.32. The Hall–Kier alpha value is -1.01. The Morgan fingerprint density at radius 2 is 2.32 bits per heavy atom. The van der Waals surface area contributed by atoms with Crippen LogP contribution in [0, 0.1) is 5.82 Å². The fourth-order valence-electron chi connectivity index (χ4n) is 2.32. The molecule has 19 heavy (non-hydrogen) atoms. The van der Waals surface area contributed by atoms with Crippen LogP contribution in [0.3, 0.4) is 0 Å². The molecule has 0 spiro atoms. The van der Waals surface area contributed by atoms with Gasteiger partial charge in [0.15, 0.2) is 0 Å². The molecule has 1 heterocycles. The van der Waals surface area contributed by atoms with Gasteiger partial charge in [-0.2, -0.15) is 0 Å². The highest BCUT2D eigenvalue weighted by Gasteiger charge is 2.25. The van der Waals surface area contributed by atoms with Gasteiger partial charge in [-0.25, -0.2) is 4.39 Å². The van der Waals surface area contributed by atoms with Crippen LogP contribution in [-0.4, -0.2) is 41.9 Å². The molecule has 1 aromatic carbocycles. The zero-order chi connectivity index (χ0) is 13.8. The summed E-state index contributed by atoms with van der Waals surface area (Å²) in [5, 5.41) is 9.16. The summed E-state index contributed by atoms with van der Waals surface area (Å²) in [6, 6.07) is 5.34. The van der Waals surface area contributed by atoms with Crippen LogP contribution in [0.4, 0.5) is 4.39 Å². The second kappa shape index (κ2) is 6.43. The molecule has 2 rings (SSSR count). The van der Waals surface area contributed by atoms with E-state index in [0.717, 1.165) is 5.56 Å². The first kappa shape index (κ1) is 14.4. The van der Waals surface area contributed by atoms with Crippen LogP contribution in [0.5, 0.6) is 0 Å². The molecular formula is C14H21FN2O2. The Bertz CT molecular complexity index is 428. The second-order valence-corrected chi connectivity index (χ2v) is 5.05. The van der Waals surface area contributed by atoms with E-state index in [1.807, 2.05) is 6.07 Å². The van der Waals surface area contributed by atoms with E-state index in [1.54, 1.807) is 6.07 Å². The van der Waals surface area contributed by atoms with Gasteiger partial charge in [0, 0.05) is 31.2 Å². The lowest BCUT2D eigenvalue weighted by molar-refractivity contribution is -0.0805. The summed E-state index contributed by atoms with van der Waals surface area (Å²) in [5.74, 6) is -0.255. The van der Waals surface area contributed by atoms with Gasteiger partial charge in [-0.05, 0) is 18.6 Å². The van der Waals surface area contributed by atoms with Gasteiger partial charge in [0.05, 0.1) is 19.3 Å². The third kappa shape index (κ3) is 3.51. The van der Waals surface area contributed by atoms with Crippen LogP contribution in [0.15, 0.2) is 18.2 Å². The van der Waals surface area contributed by atoms with Gasteiger partial charge >= 0.3 is 0 Å². The van der Waals surface area contributed by atoms with Gasteiger partial charge in [-0.3, -0.25) is 4.90 Å². The lowest BCUT2D eigenvalue weighted by Gasteiger charge is -2.37. The summed E-state index contributed by atoms with van der Waals surface area (Å²) in [6.07, 6.45) is -0.134. The SMILES string of the molecule is CC1COC(CO)CN1Cc1ccc(F)c(CN)c1. The maximum Gasteiger partial charge on any atom is 0.127 e. The minimum absolute atomic E-state index is 0.0285. The smallest absolute Gasteiger partial charge is 0.127 e. The molecule has 4 nitrogen and oxygen atoms in total. The number of nitrogens with two attached hydrogens (primary N) is 1. The van der Waals surface area contributed by atoms with Gasteiger partial charge < -0.3 is 15.6 Å². The molecule has 0 aromatic heterocycles. The molecule has 1 fully saturated rings. The van der Waals surface area contributed by atoms with Crippen molar-refractivity contribution < 1.29 is 14.2 Å². The third-order valence-corrected chi connectivity index (χ3v) is 3.55. The Kier molecular flexibility index (Phi) is 4.87. The van der Waals surface area contributed by atoms with Crippen LogP contribution in [0.25, 0.3) is 0 Å². The van der Waals surface area contributed by atoms with E-state index in [1.165, 1.54) is 6.07 Å². The van der Waals surface area contributed by atoms with E-state index >= 15 is 0 Å². The molecule has 0 radical (unpaired) electrons. The average Bonchev–Trinajstić information content (AvgIpc) is 2.43. The number of halogens is 1. The predicted molar refractivity (Wildman–Crippen MR) is 71.0 cm³/mol. The predicted octanol–water partition coefficient (Wildman–Crippen LogP) is 0.866. The molecule has 5 heteroatoms. The highest BCUT2D eigenvalue weighted by molar-refractivity contribution is 5.25. The maximum absolute atomic E-state index is 13.4. The summed E-state index contributed by atoms with van der Waals surface area (Å²) in [6.45, 7) is 4.33. The van der Waals surface area contributed by atoms with Crippen molar-refractivity contribution in [2.24, 2.45) is 5.73 Å². The van der Waals surface area contributed by atoms with Crippen LogP contribution in [0.2, 0.25) is 0 Å². The molecule has 106 valence electrons. The number of benzene rings is 1. The minimum Gasteiger partial charge on any atom is -0.394 e. The van der Waals surface area contributed by atoms with Crippen molar-refractivity contribution in [1.29, 1.82) is 0 Å². The first-order valence-corrected chi connectivity index (χ1v) is 6.58. The van der Waals surface area contributed by atoms with Crippen LogP contribution in [-0.2, 0) is 17.8 Å². The number of morpholine rings is 1. The van der Waals surface area contributed by atoms with Gasteiger partial charge in [0.2, 0.25) is 0 Å².